The summed E-state index contributed by atoms with van der Waals surface area (Å²) in [7, 11) is 3.12. The number of rotatable bonds is 5. The summed E-state index contributed by atoms with van der Waals surface area (Å²) in [5.74, 6) is 1.72. The maximum absolute atomic E-state index is 12.9. The molecule has 3 aromatic rings. The predicted molar refractivity (Wildman–Crippen MR) is 113 cm³/mol. The number of quaternary nitrogens is 1. The summed E-state index contributed by atoms with van der Waals surface area (Å²) in [4.78, 5) is 14.3. The van der Waals surface area contributed by atoms with E-state index >= 15 is 0 Å². The zero-order valence-electron chi connectivity index (χ0n) is 17.6. The first-order valence-electron chi connectivity index (χ1n) is 10.3. The maximum atomic E-state index is 12.9. The van der Waals surface area contributed by atoms with Gasteiger partial charge in [-0.25, -0.2) is 4.79 Å². The van der Waals surface area contributed by atoms with E-state index in [0.717, 1.165) is 24.9 Å². The quantitative estimate of drug-likeness (QED) is 0.655. The van der Waals surface area contributed by atoms with Crippen molar-refractivity contribution in [1.82, 2.24) is 0 Å². The Morgan fingerprint density at radius 1 is 1.13 bits per heavy atom. The fourth-order valence-electron chi connectivity index (χ4n) is 4.41. The van der Waals surface area contributed by atoms with Crippen LogP contribution >= 0.6 is 0 Å². The highest BCUT2D eigenvalue weighted by molar-refractivity contribution is 5.86. The zero-order chi connectivity index (χ0) is 21.3. The van der Waals surface area contributed by atoms with Gasteiger partial charge < -0.3 is 23.9 Å². The largest absolute Gasteiger partial charge is 0.872 e. The molecule has 1 fully saturated rings. The molecule has 0 amide bonds. The van der Waals surface area contributed by atoms with Crippen molar-refractivity contribution in [3.05, 3.63) is 52.4 Å². The highest BCUT2D eigenvalue weighted by Crippen LogP contribution is 2.34. The average molecular weight is 409 g/mol. The number of fused-ring (bicyclic) bond motifs is 1. The summed E-state index contributed by atoms with van der Waals surface area (Å²) in [6.45, 7) is 4.88. The summed E-state index contributed by atoms with van der Waals surface area (Å²) >= 11 is 0. The van der Waals surface area contributed by atoms with Gasteiger partial charge in [0.1, 0.15) is 23.6 Å². The SMILES string of the molecule is COc1ccc(OC)c(-c2cc3ccc([O-])c(C[NH+]4CCCC(C)C4)c3oc2=O)c1. The van der Waals surface area contributed by atoms with Gasteiger partial charge in [0.05, 0.1) is 32.9 Å². The predicted octanol–water partition coefficient (Wildman–Crippen LogP) is 2.37. The maximum Gasteiger partial charge on any atom is 0.344 e. The highest BCUT2D eigenvalue weighted by Gasteiger charge is 2.22. The third-order valence-corrected chi connectivity index (χ3v) is 5.95. The summed E-state index contributed by atoms with van der Waals surface area (Å²) in [5, 5.41) is 13.4. The monoisotopic (exact) mass is 409 g/mol. The zero-order valence-corrected chi connectivity index (χ0v) is 17.6. The van der Waals surface area contributed by atoms with E-state index in [1.807, 2.05) is 0 Å². The number of hydrogen-bond donors (Lipinski definition) is 1. The van der Waals surface area contributed by atoms with E-state index in [0.29, 0.717) is 46.2 Å². The van der Waals surface area contributed by atoms with E-state index < -0.39 is 5.63 Å². The molecule has 158 valence electrons. The first-order valence-corrected chi connectivity index (χ1v) is 10.3. The van der Waals surface area contributed by atoms with Crippen LogP contribution in [0.2, 0.25) is 0 Å². The summed E-state index contributed by atoms with van der Waals surface area (Å²) in [6, 6.07) is 10.3. The normalized spacial score (nSPS) is 19.0. The first kappa shape index (κ1) is 20.3. The van der Waals surface area contributed by atoms with E-state index in [4.69, 9.17) is 13.9 Å². The number of piperidine rings is 1. The van der Waals surface area contributed by atoms with Gasteiger partial charge >= 0.3 is 5.63 Å². The van der Waals surface area contributed by atoms with Crippen LogP contribution in [-0.2, 0) is 6.54 Å². The molecule has 30 heavy (non-hydrogen) atoms. The van der Waals surface area contributed by atoms with Crippen molar-refractivity contribution < 1.29 is 23.9 Å². The third kappa shape index (κ3) is 3.87. The van der Waals surface area contributed by atoms with Crippen LogP contribution < -0.4 is 25.1 Å². The van der Waals surface area contributed by atoms with Gasteiger partial charge in [0, 0.05) is 22.4 Å². The summed E-state index contributed by atoms with van der Waals surface area (Å²) < 4.78 is 16.5. The summed E-state index contributed by atoms with van der Waals surface area (Å²) in [5.41, 5.74) is 1.45. The van der Waals surface area contributed by atoms with Crippen LogP contribution in [0.15, 0.2) is 45.6 Å². The van der Waals surface area contributed by atoms with Crippen LogP contribution in [0.25, 0.3) is 22.1 Å². The van der Waals surface area contributed by atoms with Crippen molar-refractivity contribution in [3.63, 3.8) is 0 Å². The molecule has 1 aromatic heterocycles. The van der Waals surface area contributed by atoms with Gasteiger partial charge in [0.2, 0.25) is 0 Å². The molecule has 0 spiro atoms. The second kappa shape index (κ2) is 8.40. The molecular formula is C24H27NO5. The minimum absolute atomic E-state index is 0.0805. The van der Waals surface area contributed by atoms with Crippen LogP contribution in [0.3, 0.4) is 0 Å². The topological polar surface area (TPSA) is 76.2 Å². The van der Waals surface area contributed by atoms with Gasteiger partial charge in [-0.2, -0.15) is 0 Å². The number of methoxy groups -OCH3 is 2. The molecule has 6 heteroatoms. The van der Waals surface area contributed by atoms with E-state index in [1.165, 1.54) is 11.3 Å². The van der Waals surface area contributed by atoms with Crippen LogP contribution in [-0.4, -0.2) is 27.3 Å². The van der Waals surface area contributed by atoms with Crippen molar-refractivity contribution >= 4 is 11.0 Å². The second-order valence-corrected chi connectivity index (χ2v) is 8.10. The number of ether oxygens (including phenoxy) is 2. The second-order valence-electron chi connectivity index (χ2n) is 8.10. The average Bonchev–Trinajstić information content (AvgIpc) is 2.75. The van der Waals surface area contributed by atoms with E-state index in [-0.39, 0.29) is 5.75 Å². The summed E-state index contributed by atoms with van der Waals surface area (Å²) in [6.07, 6.45) is 2.38. The van der Waals surface area contributed by atoms with Crippen LogP contribution in [0.4, 0.5) is 0 Å². The number of hydrogen-bond acceptors (Lipinski definition) is 5. The molecule has 0 aliphatic carbocycles. The van der Waals surface area contributed by atoms with Gasteiger partial charge in [-0.3, -0.25) is 0 Å². The van der Waals surface area contributed by atoms with Crippen molar-refractivity contribution in [2.75, 3.05) is 27.3 Å². The molecule has 6 nitrogen and oxygen atoms in total. The molecule has 2 aromatic carbocycles. The van der Waals surface area contributed by atoms with Crippen molar-refractivity contribution in [2.24, 2.45) is 5.92 Å². The van der Waals surface area contributed by atoms with Crippen LogP contribution in [0.5, 0.6) is 17.2 Å². The molecule has 1 aliphatic heterocycles. The smallest absolute Gasteiger partial charge is 0.344 e. The molecule has 0 bridgehead atoms. The van der Waals surface area contributed by atoms with Crippen molar-refractivity contribution in [2.45, 2.75) is 26.3 Å². The highest BCUT2D eigenvalue weighted by atomic mass is 16.5. The van der Waals surface area contributed by atoms with Crippen molar-refractivity contribution in [1.29, 1.82) is 0 Å². The molecular weight excluding hydrogens is 382 g/mol. The van der Waals surface area contributed by atoms with Gasteiger partial charge in [-0.15, -0.1) is 0 Å². The lowest BCUT2D eigenvalue weighted by atomic mass is 9.99. The molecule has 0 radical (unpaired) electrons. The molecule has 1 aliphatic rings. The van der Waals surface area contributed by atoms with E-state index in [2.05, 4.69) is 6.92 Å². The molecule has 2 unspecified atom stereocenters. The van der Waals surface area contributed by atoms with Gasteiger partial charge in [-0.05, 0) is 37.1 Å². The molecule has 2 heterocycles. The Bertz CT molecular complexity index is 1120. The van der Waals surface area contributed by atoms with Gasteiger partial charge in [0.15, 0.2) is 0 Å². The Balaban J connectivity index is 1.81. The molecule has 1 saturated heterocycles. The fraction of sp³-hybridized carbons (Fsp3) is 0.375. The lowest BCUT2D eigenvalue weighted by Gasteiger charge is -2.29. The number of likely N-dealkylation sites (tertiary alicyclic amines) is 1. The Morgan fingerprint density at radius 2 is 1.97 bits per heavy atom. The fourth-order valence-corrected chi connectivity index (χ4v) is 4.41. The van der Waals surface area contributed by atoms with Gasteiger partial charge in [0.25, 0.3) is 0 Å². The number of nitrogens with one attached hydrogen (secondary N) is 1. The lowest BCUT2D eigenvalue weighted by molar-refractivity contribution is -0.922. The number of benzene rings is 2. The van der Waals surface area contributed by atoms with E-state index in [9.17, 15) is 9.90 Å². The lowest BCUT2D eigenvalue weighted by Crippen LogP contribution is -3.12. The Hall–Kier alpha value is -2.99. The van der Waals surface area contributed by atoms with Crippen LogP contribution in [0, 0.1) is 5.92 Å². The Kier molecular flexibility index (Phi) is 5.68. The minimum atomic E-state index is -0.497. The van der Waals surface area contributed by atoms with E-state index in [1.54, 1.807) is 50.6 Å². The Labute approximate surface area is 175 Å². The third-order valence-electron chi connectivity index (χ3n) is 5.95. The molecule has 2 atom stereocenters. The minimum Gasteiger partial charge on any atom is -0.872 e. The first-order chi connectivity index (χ1) is 14.5. The van der Waals surface area contributed by atoms with Crippen LogP contribution in [0.1, 0.15) is 25.3 Å². The van der Waals surface area contributed by atoms with Crippen molar-refractivity contribution in [3.8, 4) is 28.4 Å². The standard InChI is InChI=1S/C24H27NO5/c1-15-5-4-10-25(13-15)14-20-21(26)8-6-16-11-19(24(27)30-23(16)20)18-12-17(28-2)7-9-22(18)29-3/h6-9,11-12,15,26H,4-5,10,13-14H2,1-3H3. The van der Waals surface area contributed by atoms with Gasteiger partial charge in [-0.1, -0.05) is 24.8 Å². The molecule has 4 rings (SSSR count). The molecule has 1 N–H and O–H groups in total. The Morgan fingerprint density at radius 3 is 2.70 bits per heavy atom. The molecule has 0 saturated carbocycles.